The third-order valence-corrected chi connectivity index (χ3v) is 0.831. The van der Waals surface area contributed by atoms with E-state index in [-0.39, 0.29) is 5.91 Å². The lowest BCUT2D eigenvalue weighted by Gasteiger charge is -2.02. The molecule has 0 atom stereocenters. The van der Waals surface area contributed by atoms with Crippen molar-refractivity contribution in [3.63, 3.8) is 0 Å². The van der Waals surface area contributed by atoms with E-state index < -0.39 is 5.91 Å². The first-order valence-electron chi connectivity index (χ1n) is 3.01. The first-order chi connectivity index (χ1) is 4.91. The third-order valence-electron chi connectivity index (χ3n) is 0.831. The average Bonchev–Trinajstić information content (AvgIpc) is 1.89. The Morgan fingerprint density at radius 3 is 1.64 bits per heavy atom. The number of nitrogens with zero attached hydrogens (tertiary/aromatic N) is 1. The Morgan fingerprint density at radius 2 is 1.64 bits per heavy atom. The van der Waals surface area contributed by atoms with Gasteiger partial charge in [-0.15, -0.1) is 0 Å². The number of carbonyl (C=O) groups is 2. The zero-order chi connectivity index (χ0) is 9.44. The number of primary amides is 1. The second-order valence-electron chi connectivity index (χ2n) is 2.02. The molecule has 0 saturated heterocycles. The summed E-state index contributed by atoms with van der Waals surface area (Å²) < 4.78 is 0. The van der Waals surface area contributed by atoms with Crippen LogP contribution in [0.4, 0.5) is 0 Å². The Balaban J connectivity index is 0. The minimum absolute atomic E-state index is 0.0926. The van der Waals surface area contributed by atoms with Gasteiger partial charge in [-0.1, -0.05) is 6.58 Å². The van der Waals surface area contributed by atoms with E-state index in [0.29, 0.717) is 0 Å². The first-order valence-corrected chi connectivity index (χ1v) is 3.01. The molecule has 0 spiro atoms. The molecule has 0 fully saturated rings. The first kappa shape index (κ1) is 12.4. The van der Waals surface area contributed by atoms with E-state index in [9.17, 15) is 9.59 Å². The van der Waals surface area contributed by atoms with Gasteiger partial charge in [-0.05, 0) is 6.08 Å². The molecule has 0 heterocycles. The van der Waals surface area contributed by atoms with Gasteiger partial charge in [-0.3, -0.25) is 9.59 Å². The van der Waals surface area contributed by atoms with Crippen LogP contribution in [0.25, 0.3) is 0 Å². The lowest BCUT2D eigenvalue weighted by molar-refractivity contribution is -0.126. The Morgan fingerprint density at radius 1 is 1.45 bits per heavy atom. The number of rotatable bonds is 1. The molecule has 0 aromatic rings. The lowest BCUT2D eigenvalue weighted by Crippen LogP contribution is -2.17. The molecule has 0 bridgehead atoms. The summed E-state index contributed by atoms with van der Waals surface area (Å²) in [7, 11) is 3.45. The van der Waals surface area contributed by atoms with Crippen molar-refractivity contribution in [3.05, 3.63) is 12.7 Å². The largest absolute Gasteiger partial charge is 0.366 e. The van der Waals surface area contributed by atoms with Crippen molar-refractivity contribution in [1.29, 1.82) is 0 Å². The molecule has 2 N–H and O–H groups in total. The molecule has 0 rings (SSSR count). The minimum Gasteiger partial charge on any atom is -0.366 e. The summed E-state index contributed by atoms with van der Waals surface area (Å²) >= 11 is 0. The highest BCUT2D eigenvalue weighted by atomic mass is 16.2. The van der Waals surface area contributed by atoms with Gasteiger partial charge in [-0.2, -0.15) is 0 Å². The Hall–Kier alpha value is -1.32. The maximum atomic E-state index is 10.1. The summed E-state index contributed by atoms with van der Waals surface area (Å²) in [5.74, 6) is -0.389. The average molecular weight is 158 g/mol. The zero-order valence-corrected chi connectivity index (χ0v) is 7.13. The molecule has 0 aliphatic heterocycles. The van der Waals surface area contributed by atoms with Crippen LogP contribution >= 0.6 is 0 Å². The van der Waals surface area contributed by atoms with Crippen molar-refractivity contribution in [2.75, 3.05) is 14.1 Å². The van der Waals surface area contributed by atoms with E-state index in [1.165, 1.54) is 11.8 Å². The molecule has 0 aromatic heterocycles. The van der Waals surface area contributed by atoms with Crippen LogP contribution in [-0.2, 0) is 9.59 Å². The summed E-state index contributed by atoms with van der Waals surface area (Å²) in [4.78, 5) is 21.1. The summed E-state index contributed by atoms with van der Waals surface area (Å²) in [5.41, 5.74) is 4.53. The molecule has 4 nitrogen and oxygen atoms in total. The van der Waals surface area contributed by atoms with Crippen molar-refractivity contribution < 1.29 is 9.59 Å². The van der Waals surface area contributed by atoms with Gasteiger partial charge in [-0.25, -0.2) is 0 Å². The minimum atomic E-state index is -0.481. The van der Waals surface area contributed by atoms with Gasteiger partial charge in [0.25, 0.3) is 0 Å². The van der Waals surface area contributed by atoms with Crippen molar-refractivity contribution >= 4 is 11.8 Å². The van der Waals surface area contributed by atoms with Gasteiger partial charge >= 0.3 is 0 Å². The van der Waals surface area contributed by atoms with Crippen LogP contribution in [0.15, 0.2) is 12.7 Å². The predicted molar refractivity (Wildman–Crippen MR) is 43.8 cm³/mol. The van der Waals surface area contributed by atoms with Crippen molar-refractivity contribution in [2.24, 2.45) is 5.73 Å². The molecule has 11 heavy (non-hydrogen) atoms. The van der Waals surface area contributed by atoms with Crippen LogP contribution in [0.3, 0.4) is 0 Å². The standard InChI is InChI=1S/C4H9NO.C3H5NO/c1-4(6)5(2)3;1-2-3(4)5/h1-3H3;2H,1H2,(H2,4,5). The van der Waals surface area contributed by atoms with Crippen LogP contribution in [0, 0.1) is 0 Å². The molecule has 2 amide bonds. The van der Waals surface area contributed by atoms with E-state index >= 15 is 0 Å². The molecular weight excluding hydrogens is 144 g/mol. The smallest absolute Gasteiger partial charge is 0.240 e. The van der Waals surface area contributed by atoms with E-state index in [2.05, 4.69) is 12.3 Å². The zero-order valence-electron chi connectivity index (χ0n) is 7.13. The lowest BCUT2D eigenvalue weighted by atomic mass is 10.6. The molecule has 0 saturated carbocycles. The summed E-state index contributed by atoms with van der Waals surface area (Å²) in [5, 5.41) is 0. The van der Waals surface area contributed by atoms with Crippen LogP contribution in [0.1, 0.15) is 6.92 Å². The molecule has 0 unspecified atom stereocenters. The van der Waals surface area contributed by atoms with Gasteiger partial charge in [0, 0.05) is 21.0 Å². The molecule has 0 aliphatic rings. The molecule has 0 aliphatic carbocycles. The van der Waals surface area contributed by atoms with Crippen molar-refractivity contribution in [2.45, 2.75) is 6.92 Å². The third kappa shape index (κ3) is 17.7. The summed E-state index contributed by atoms with van der Waals surface area (Å²) in [6, 6.07) is 0. The monoisotopic (exact) mass is 158 g/mol. The molecule has 64 valence electrons. The van der Waals surface area contributed by atoms with Crippen LogP contribution in [0.2, 0.25) is 0 Å². The molecule has 4 heteroatoms. The number of carbonyl (C=O) groups excluding carboxylic acids is 2. The molecule has 0 radical (unpaired) electrons. The van der Waals surface area contributed by atoms with Gasteiger partial charge in [0.2, 0.25) is 11.8 Å². The maximum Gasteiger partial charge on any atom is 0.240 e. The quantitative estimate of drug-likeness (QED) is 0.535. The SMILES string of the molecule is C=CC(N)=O.CC(=O)N(C)C. The van der Waals surface area contributed by atoms with Gasteiger partial charge in [0.1, 0.15) is 0 Å². The maximum absolute atomic E-state index is 10.1. The summed E-state index contributed by atoms with van der Waals surface area (Å²) in [6.45, 7) is 4.61. The predicted octanol–water partition coefficient (Wildman–Crippen LogP) is -0.248. The van der Waals surface area contributed by atoms with Crippen LogP contribution in [-0.4, -0.2) is 30.8 Å². The van der Waals surface area contributed by atoms with Crippen LogP contribution in [0.5, 0.6) is 0 Å². The van der Waals surface area contributed by atoms with E-state index in [1.807, 2.05) is 0 Å². The molecular formula is C7H14N2O2. The number of hydrogen-bond acceptors (Lipinski definition) is 2. The number of amides is 2. The van der Waals surface area contributed by atoms with E-state index in [0.717, 1.165) is 6.08 Å². The second-order valence-corrected chi connectivity index (χ2v) is 2.02. The van der Waals surface area contributed by atoms with Crippen molar-refractivity contribution in [3.8, 4) is 0 Å². The number of hydrogen-bond donors (Lipinski definition) is 1. The van der Waals surface area contributed by atoms with E-state index in [1.54, 1.807) is 14.1 Å². The van der Waals surface area contributed by atoms with Crippen molar-refractivity contribution in [1.82, 2.24) is 4.90 Å². The highest BCUT2D eigenvalue weighted by molar-refractivity contribution is 5.84. The fraction of sp³-hybridized carbons (Fsp3) is 0.429. The normalized spacial score (nSPS) is 7.18. The topological polar surface area (TPSA) is 63.4 Å². The van der Waals surface area contributed by atoms with E-state index in [4.69, 9.17) is 0 Å². The van der Waals surface area contributed by atoms with Gasteiger partial charge in [0.15, 0.2) is 0 Å². The highest BCUT2D eigenvalue weighted by Gasteiger charge is 1.87. The Kier molecular flexibility index (Phi) is 7.64. The van der Waals surface area contributed by atoms with Gasteiger partial charge < -0.3 is 10.6 Å². The Labute approximate surface area is 66.7 Å². The Bertz CT molecular complexity index is 153. The fourth-order valence-electron chi connectivity index (χ4n) is 0. The summed E-state index contributed by atoms with van der Waals surface area (Å²) in [6.07, 6.45) is 1.06. The fourth-order valence-corrected chi connectivity index (χ4v) is 0. The second kappa shape index (κ2) is 6.80. The van der Waals surface area contributed by atoms with Gasteiger partial charge in [0.05, 0.1) is 0 Å². The van der Waals surface area contributed by atoms with Crippen LogP contribution < -0.4 is 5.73 Å². The highest BCUT2D eigenvalue weighted by Crippen LogP contribution is 1.69. The molecule has 0 aromatic carbocycles. The number of nitrogens with two attached hydrogens (primary N) is 1.